The van der Waals surface area contributed by atoms with Crippen molar-refractivity contribution in [2.45, 2.75) is 39.7 Å². The number of nitrogens with zero attached hydrogens (tertiary/aromatic N) is 2. The van der Waals surface area contributed by atoms with Crippen LogP contribution in [-0.4, -0.2) is 24.2 Å². The Morgan fingerprint density at radius 2 is 1.55 bits per heavy atom. The van der Waals surface area contributed by atoms with Crippen LogP contribution in [0, 0.1) is 16.0 Å². The lowest BCUT2D eigenvalue weighted by Gasteiger charge is -2.14. The van der Waals surface area contributed by atoms with Gasteiger partial charge in [0.2, 0.25) is 0 Å². The van der Waals surface area contributed by atoms with Gasteiger partial charge in [0.05, 0.1) is 17.6 Å². The molecule has 2 rings (SSSR count). The summed E-state index contributed by atoms with van der Waals surface area (Å²) in [5, 5.41) is 10.7. The zero-order valence-corrected chi connectivity index (χ0v) is 18.8. The van der Waals surface area contributed by atoms with Gasteiger partial charge in [-0.25, -0.2) is 0 Å². The van der Waals surface area contributed by atoms with Crippen LogP contribution in [0.25, 0.3) is 0 Å². The molecule has 2 atom stereocenters. The second kappa shape index (κ2) is 13.0. The van der Waals surface area contributed by atoms with Crippen LogP contribution >= 0.6 is 8.17 Å². The van der Waals surface area contributed by atoms with Gasteiger partial charge in [0.1, 0.15) is 11.5 Å². The molecule has 0 spiro atoms. The lowest BCUT2D eigenvalue weighted by molar-refractivity contribution is -0.384. The Morgan fingerprint density at radius 1 is 1.00 bits per heavy atom. The van der Waals surface area contributed by atoms with E-state index in [0.29, 0.717) is 36.4 Å². The van der Waals surface area contributed by atoms with Gasteiger partial charge in [0.15, 0.2) is 5.75 Å². The number of ether oxygens (including phenoxy) is 2. The van der Waals surface area contributed by atoms with Crippen molar-refractivity contribution in [2.24, 2.45) is 10.8 Å². The van der Waals surface area contributed by atoms with Crippen LogP contribution in [0.2, 0.25) is 0 Å². The third-order valence-electron chi connectivity index (χ3n) is 4.53. The lowest BCUT2D eigenvalue weighted by atomic mass is 10.1. The van der Waals surface area contributed by atoms with Crippen molar-refractivity contribution in [3.63, 3.8) is 0 Å². The maximum absolute atomic E-state index is 12.0. The van der Waals surface area contributed by atoms with Crippen molar-refractivity contribution in [1.82, 2.24) is 5.43 Å². The van der Waals surface area contributed by atoms with Crippen LogP contribution in [0.4, 0.5) is 5.69 Å². The summed E-state index contributed by atoms with van der Waals surface area (Å²) in [5.41, 5.74) is 2.78. The normalized spacial score (nSPS) is 12.6. The van der Waals surface area contributed by atoms with Gasteiger partial charge in [-0.3, -0.25) is 14.6 Å². The van der Waals surface area contributed by atoms with Crippen molar-refractivity contribution >= 4 is 13.9 Å². The lowest BCUT2D eigenvalue weighted by Crippen LogP contribution is -2.27. The number of hydrogen-bond acceptors (Lipinski definition) is 7. The van der Waals surface area contributed by atoms with Crippen molar-refractivity contribution < 1.29 is 23.8 Å². The number of benzene rings is 2. The molecule has 0 amide bonds. The highest BCUT2D eigenvalue weighted by Gasteiger charge is 2.10. The second-order valence-electron chi connectivity index (χ2n) is 7.00. The van der Waals surface area contributed by atoms with E-state index in [9.17, 15) is 15.0 Å². The average molecular weight is 449 g/mol. The molecule has 2 aromatic rings. The molecule has 9 nitrogen and oxygen atoms in total. The van der Waals surface area contributed by atoms with E-state index < -0.39 is 13.1 Å². The quantitative estimate of drug-likeness (QED) is 0.261. The summed E-state index contributed by atoms with van der Waals surface area (Å²) in [7, 11) is -2.29. The molecule has 0 aliphatic heterocycles. The Hall–Kier alpha value is -2.58. The Balaban J connectivity index is 1.78. The van der Waals surface area contributed by atoms with E-state index in [1.807, 2.05) is 6.92 Å². The van der Waals surface area contributed by atoms with Gasteiger partial charge in [-0.2, -0.15) is 5.43 Å². The van der Waals surface area contributed by atoms with Crippen LogP contribution in [-0.2, 0) is 4.74 Å². The van der Waals surface area contributed by atoms with Crippen LogP contribution in [0.3, 0.4) is 0 Å². The van der Waals surface area contributed by atoms with Gasteiger partial charge in [-0.1, -0.05) is 26.7 Å². The topological polar surface area (TPSA) is 118 Å². The summed E-state index contributed by atoms with van der Waals surface area (Å²) in [6.45, 7) is 7.35. The molecular formula is C21H28N3O6P. The van der Waals surface area contributed by atoms with Crippen molar-refractivity contribution in [2.75, 3.05) is 13.2 Å². The summed E-state index contributed by atoms with van der Waals surface area (Å²) in [5.74, 6) is 1.90. The van der Waals surface area contributed by atoms with Crippen LogP contribution in [0.1, 0.15) is 33.6 Å². The van der Waals surface area contributed by atoms with E-state index in [0.717, 1.165) is 12.8 Å². The first-order valence-corrected chi connectivity index (χ1v) is 11.3. The molecule has 0 heterocycles. The van der Waals surface area contributed by atoms with Crippen molar-refractivity contribution in [3.8, 4) is 17.2 Å². The first kappa shape index (κ1) is 24.7. The minimum Gasteiger partial charge on any atom is -0.574 e. The minimum absolute atomic E-state index is 0.00995. The fourth-order valence-electron chi connectivity index (χ4n) is 2.57. The number of nitrogens with one attached hydrogen (secondary N) is 1. The summed E-state index contributed by atoms with van der Waals surface area (Å²) in [4.78, 5) is 26.1. The molecule has 1 N–H and O–H groups in total. The molecule has 0 aromatic heterocycles. The number of hydrogen-bond donors (Lipinski definition) is 1. The predicted molar refractivity (Wildman–Crippen MR) is 117 cm³/mol. The van der Waals surface area contributed by atoms with Gasteiger partial charge in [0.25, 0.3) is 5.69 Å². The zero-order valence-electron chi connectivity index (χ0n) is 17.9. The van der Waals surface area contributed by atoms with Gasteiger partial charge >= 0.3 is 8.17 Å². The molecule has 1 unspecified atom stereocenters. The Kier molecular flexibility index (Phi) is 10.3. The van der Waals surface area contributed by atoms with Crippen molar-refractivity contribution in [3.05, 3.63) is 58.6 Å². The predicted octanol–water partition coefficient (Wildman–Crippen LogP) is 4.97. The first-order valence-electron chi connectivity index (χ1n) is 10.1. The van der Waals surface area contributed by atoms with E-state index in [4.69, 9.17) is 14.0 Å². The number of nitro groups is 1. The summed E-state index contributed by atoms with van der Waals surface area (Å²) in [6.07, 6.45) is 2.17. The Morgan fingerprint density at radius 3 is 2.10 bits per heavy atom. The SMILES string of the molecule is CCC(CC)COC[C@H](C)N/N=[P+](\[O-])Oc1ccc(Oc2ccc([N+](=O)[O-])cc2)cc1. The molecule has 10 heteroatoms. The average Bonchev–Trinajstić information content (AvgIpc) is 2.77. The summed E-state index contributed by atoms with van der Waals surface area (Å²) < 4.78 is 16.6. The van der Waals surface area contributed by atoms with E-state index in [1.165, 1.54) is 24.3 Å². The van der Waals surface area contributed by atoms with E-state index in [1.54, 1.807) is 24.3 Å². The molecule has 31 heavy (non-hydrogen) atoms. The van der Waals surface area contributed by atoms with Crippen LogP contribution in [0.15, 0.2) is 53.4 Å². The third-order valence-corrected chi connectivity index (χ3v) is 5.17. The van der Waals surface area contributed by atoms with Crippen molar-refractivity contribution in [1.29, 1.82) is 0 Å². The maximum atomic E-state index is 12.0. The van der Waals surface area contributed by atoms with Gasteiger partial charge < -0.3 is 14.4 Å². The van der Waals surface area contributed by atoms with Gasteiger partial charge in [-0.15, -0.1) is 0 Å². The molecule has 0 fully saturated rings. The van der Waals surface area contributed by atoms with Gasteiger partial charge in [0, 0.05) is 23.6 Å². The van der Waals surface area contributed by atoms with E-state index in [-0.39, 0.29) is 11.7 Å². The third kappa shape index (κ3) is 8.98. The van der Waals surface area contributed by atoms with Crippen LogP contribution < -0.4 is 19.6 Å². The molecule has 0 saturated carbocycles. The molecule has 0 saturated heterocycles. The highest BCUT2D eigenvalue weighted by molar-refractivity contribution is 7.33. The molecule has 0 aliphatic carbocycles. The molecule has 0 radical (unpaired) electrons. The highest BCUT2D eigenvalue weighted by Crippen LogP contribution is 2.28. The minimum atomic E-state index is -2.29. The maximum Gasteiger partial charge on any atom is 0.412 e. The molecule has 168 valence electrons. The smallest absolute Gasteiger partial charge is 0.412 e. The second-order valence-corrected chi connectivity index (χ2v) is 7.86. The fraction of sp³-hybridized carbons (Fsp3) is 0.429. The highest BCUT2D eigenvalue weighted by atomic mass is 31.1. The van der Waals surface area contributed by atoms with Crippen LogP contribution in [0.5, 0.6) is 17.2 Å². The Bertz CT molecular complexity index is 841. The number of non-ortho nitro benzene ring substituents is 1. The Labute approximate surface area is 183 Å². The zero-order chi connectivity index (χ0) is 22.6. The van der Waals surface area contributed by atoms with E-state index in [2.05, 4.69) is 24.1 Å². The molecule has 0 bridgehead atoms. The number of rotatable bonds is 13. The largest absolute Gasteiger partial charge is 0.574 e. The molecule has 2 aromatic carbocycles. The summed E-state index contributed by atoms with van der Waals surface area (Å²) >= 11 is 0. The monoisotopic (exact) mass is 449 g/mol. The van der Waals surface area contributed by atoms with Gasteiger partial charge in [-0.05, 0) is 49.2 Å². The number of nitro benzene ring substituents is 1. The standard InChI is InChI=1S/C21H28N3O6P/c1-4-17(5-2)15-28-14-16(3)22-23-31(27)30-21-12-10-20(11-13-21)29-19-8-6-18(7-9-19)24(25)26/h6-13,16-17,22H,4-5,14-15H2,1-3H3/t16-/m0/s1. The molecule has 0 aliphatic rings. The fourth-order valence-corrected chi connectivity index (χ4v) is 3.20. The first-order chi connectivity index (χ1) is 14.9. The van der Waals surface area contributed by atoms with E-state index >= 15 is 0 Å². The summed E-state index contributed by atoms with van der Waals surface area (Å²) in [6, 6.07) is 12.2. The molecular weight excluding hydrogens is 421 g/mol.